The number of benzene rings is 1. The molecule has 0 bridgehead atoms. The third-order valence-corrected chi connectivity index (χ3v) is 3.10. The maximum Gasteiger partial charge on any atom is 0.128 e. The first-order chi connectivity index (χ1) is 6.58. The molecular formula is C11H13ClFN. The predicted octanol–water partition coefficient (Wildman–Crippen LogP) is 2.51. The number of nitrogens with zero attached hydrogens (tertiary/aromatic N) is 1. The Morgan fingerprint density at radius 2 is 2.07 bits per heavy atom. The number of fused-ring (bicyclic) bond motifs is 1. The minimum atomic E-state index is -0.156. The highest BCUT2D eigenvalue weighted by Gasteiger charge is 2.25. The van der Waals surface area contributed by atoms with Gasteiger partial charge in [-0.2, -0.15) is 0 Å². The summed E-state index contributed by atoms with van der Waals surface area (Å²) >= 11 is 5.80. The largest absolute Gasteiger partial charge is 0.306 e. The van der Waals surface area contributed by atoms with Crippen molar-refractivity contribution in [3.05, 3.63) is 34.1 Å². The van der Waals surface area contributed by atoms with Crippen molar-refractivity contribution >= 4 is 11.6 Å². The molecule has 0 saturated carbocycles. The summed E-state index contributed by atoms with van der Waals surface area (Å²) < 4.78 is 13.5. The van der Waals surface area contributed by atoms with Gasteiger partial charge < -0.3 is 4.90 Å². The fraction of sp³-hybridized carbons (Fsp3) is 0.455. The van der Waals surface area contributed by atoms with Crippen molar-refractivity contribution < 1.29 is 4.39 Å². The van der Waals surface area contributed by atoms with E-state index >= 15 is 0 Å². The smallest absolute Gasteiger partial charge is 0.128 e. The molecule has 0 spiro atoms. The van der Waals surface area contributed by atoms with E-state index in [1.807, 2.05) is 20.2 Å². The van der Waals surface area contributed by atoms with E-state index in [1.54, 1.807) is 0 Å². The van der Waals surface area contributed by atoms with Crippen LogP contribution < -0.4 is 0 Å². The summed E-state index contributed by atoms with van der Waals surface area (Å²) in [4.78, 5) is 2.13. The highest BCUT2D eigenvalue weighted by Crippen LogP contribution is 2.29. The van der Waals surface area contributed by atoms with Gasteiger partial charge in [0.25, 0.3) is 0 Å². The van der Waals surface area contributed by atoms with E-state index in [1.165, 1.54) is 6.07 Å². The van der Waals surface area contributed by atoms with E-state index in [4.69, 9.17) is 11.6 Å². The second-order valence-electron chi connectivity index (χ2n) is 4.05. The summed E-state index contributed by atoms with van der Waals surface area (Å²) in [6.07, 6.45) is 1.70. The molecule has 1 aromatic rings. The lowest BCUT2D eigenvalue weighted by molar-refractivity contribution is 0.302. The molecule has 1 aromatic carbocycles. The number of rotatable bonds is 1. The fourth-order valence-electron chi connectivity index (χ4n) is 1.99. The van der Waals surface area contributed by atoms with Crippen LogP contribution in [0.2, 0.25) is 5.02 Å². The number of likely N-dealkylation sites (N-methyl/N-ethyl adjacent to an activating group) is 1. The van der Waals surface area contributed by atoms with Crippen LogP contribution >= 0.6 is 11.6 Å². The van der Waals surface area contributed by atoms with Gasteiger partial charge in [-0.25, -0.2) is 4.39 Å². The molecule has 14 heavy (non-hydrogen) atoms. The van der Waals surface area contributed by atoms with Crippen molar-refractivity contribution in [1.82, 2.24) is 4.90 Å². The Balaban J connectivity index is 2.35. The zero-order valence-electron chi connectivity index (χ0n) is 8.35. The summed E-state index contributed by atoms with van der Waals surface area (Å²) in [7, 11) is 4.05. The van der Waals surface area contributed by atoms with Crippen molar-refractivity contribution in [3.63, 3.8) is 0 Å². The number of halogens is 2. The van der Waals surface area contributed by atoms with Crippen LogP contribution in [0.5, 0.6) is 0 Å². The van der Waals surface area contributed by atoms with Crippen LogP contribution in [0.3, 0.4) is 0 Å². The quantitative estimate of drug-likeness (QED) is 0.693. The normalized spacial score (nSPS) is 20.2. The van der Waals surface area contributed by atoms with Crippen LogP contribution in [0.25, 0.3) is 0 Å². The molecule has 0 saturated heterocycles. The molecule has 0 amide bonds. The van der Waals surface area contributed by atoms with Crippen molar-refractivity contribution in [3.8, 4) is 0 Å². The van der Waals surface area contributed by atoms with E-state index in [9.17, 15) is 4.39 Å². The summed E-state index contributed by atoms with van der Waals surface area (Å²) in [6.45, 7) is 0. The molecule has 1 aliphatic rings. The summed E-state index contributed by atoms with van der Waals surface area (Å²) in [5, 5.41) is 0.501. The summed E-state index contributed by atoms with van der Waals surface area (Å²) in [5.74, 6) is -0.156. The summed E-state index contributed by atoms with van der Waals surface area (Å²) in [6, 6.07) is 3.69. The van der Waals surface area contributed by atoms with E-state index < -0.39 is 0 Å². The Labute approximate surface area is 88.5 Å². The molecule has 0 aliphatic heterocycles. The third kappa shape index (κ3) is 1.64. The zero-order valence-corrected chi connectivity index (χ0v) is 9.11. The lowest BCUT2D eigenvalue weighted by atomic mass is 10.1. The molecule has 0 fully saturated rings. The van der Waals surface area contributed by atoms with Crippen LogP contribution in [0, 0.1) is 5.82 Å². The first-order valence-corrected chi connectivity index (χ1v) is 5.09. The van der Waals surface area contributed by atoms with Crippen LogP contribution in [-0.2, 0) is 12.8 Å². The zero-order chi connectivity index (χ0) is 10.3. The molecule has 2 rings (SSSR count). The Hall–Kier alpha value is -0.600. The van der Waals surface area contributed by atoms with Crippen LogP contribution in [0.4, 0.5) is 4.39 Å². The van der Waals surface area contributed by atoms with Crippen LogP contribution in [0.1, 0.15) is 11.1 Å². The van der Waals surface area contributed by atoms with Gasteiger partial charge in [0.1, 0.15) is 5.82 Å². The molecule has 0 heterocycles. The van der Waals surface area contributed by atoms with Gasteiger partial charge in [-0.3, -0.25) is 0 Å². The molecule has 1 nitrogen and oxygen atoms in total. The lowest BCUT2D eigenvalue weighted by Crippen LogP contribution is -2.28. The Bertz CT molecular complexity index is 363. The highest BCUT2D eigenvalue weighted by molar-refractivity contribution is 6.30. The monoisotopic (exact) mass is 213 g/mol. The molecule has 0 N–H and O–H groups in total. The van der Waals surface area contributed by atoms with Crippen molar-refractivity contribution in [2.45, 2.75) is 18.9 Å². The van der Waals surface area contributed by atoms with Gasteiger partial charge in [-0.15, -0.1) is 0 Å². The van der Waals surface area contributed by atoms with Crippen molar-refractivity contribution in [2.24, 2.45) is 0 Å². The SMILES string of the molecule is CN(C)[C@@H]1Cc2cc(Cl)cc(F)c2C1. The van der Waals surface area contributed by atoms with E-state index in [-0.39, 0.29) is 5.82 Å². The highest BCUT2D eigenvalue weighted by atomic mass is 35.5. The van der Waals surface area contributed by atoms with Gasteiger partial charge >= 0.3 is 0 Å². The maximum absolute atomic E-state index is 13.5. The molecule has 0 unspecified atom stereocenters. The van der Waals surface area contributed by atoms with E-state index in [2.05, 4.69) is 4.90 Å². The minimum absolute atomic E-state index is 0.156. The first kappa shape index (κ1) is 9.94. The van der Waals surface area contributed by atoms with E-state index in [0.29, 0.717) is 11.1 Å². The Morgan fingerprint density at radius 1 is 1.36 bits per heavy atom. The molecule has 0 aromatic heterocycles. The fourth-order valence-corrected chi connectivity index (χ4v) is 2.22. The second kappa shape index (κ2) is 3.52. The van der Waals surface area contributed by atoms with Gasteiger partial charge in [-0.05, 0) is 50.2 Å². The summed E-state index contributed by atoms with van der Waals surface area (Å²) in [5.41, 5.74) is 1.90. The number of hydrogen-bond donors (Lipinski definition) is 0. The first-order valence-electron chi connectivity index (χ1n) is 4.71. The Kier molecular flexibility index (Phi) is 2.50. The maximum atomic E-state index is 13.5. The third-order valence-electron chi connectivity index (χ3n) is 2.88. The van der Waals surface area contributed by atoms with Crippen molar-refractivity contribution in [1.29, 1.82) is 0 Å². The lowest BCUT2D eigenvalue weighted by Gasteiger charge is -2.17. The van der Waals surface area contributed by atoms with Crippen molar-refractivity contribution in [2.75, 3.05) is 14.1 Å². The topological polar surface area (TPSA) is 3.24 Å². The number of hydrogen-bond acceptors (Lipinski definition) is 1. The standard InChI is InChI=1S/C11H13ClFN/c1-14(2)9-4-7-3-8(12)5-11(13)10(7)6-9/h3,5,9H,4,6H2,1-2H3/t9-/m1/s1. The van der Waals surface area contributed by atoms with Crippen LogP contribution in [-0.4, -0.2) is 25.0 Å². The van der Waals surface area contributed by atoms with Crippen LogP contribution in [0.15, 0.2) is 12.1 Å². The minimum Gasteiger partial charge on any atom is -0.306 e. The predicted molar refractivity (Wildman–Crippen MR) is 56.3 cm³/mol. The van der Waals surface area contributed by atoms with Gasteiger partial charge in [0.15, 0.2) is 0 Å². The molecule has 0 radical (unpaired) electrons. The molecular weight excluding hydrogens is 201 g/mol. The van der Waals surface area contributed by atoms with E-state index in [0.717, 1.165) is 24.0 Å². The Morgan fingerprint density at radius 3 is 2.71 bits per heavy atom. The van der Waals surface area contributed by atoms with Gasteiger partial charge in [-0.1, -0.05) is 11.6 Å². The van der Waals surface area contributed by atoms with Gasteiger partial charge in [0.05, 0.1) is 0 Å². The van der Waals surface area contributed by atoms with Gasteiger partial charge in [0.2, 0.25) is 0 Å². The second-order valence-corrected chi connectivity index (χ2v) is 4.49. The molecule has 1 aliphatic carbocycles. The molecule has 3 heteroatoms. The average molecular weight is 214 g/mol. The molecule has 1 atom stereocenters. The van der Waals surface area contributed by atoms with Gasteiger partial charge in [0, 0.05) is 11.1 Å². The molecule has 76 valence electrons. The average Bonchev–Trinajstić information content (AvgIpc) is 2.47.